The van der Waals surface area contributed by atoms with Crippen LogP contribution in [0, 0.1) is 0 Å². The molecule has 1 aliphatic heterocycles. The number of nitrogens with zero attached hydrogens (tertiary/aromatic N) is 2. The van der Waals surface area contributed by atoms with Crippen molar-refractivity contribution in [1.29, 1.82) is 0 Å². The van der Waals surface area contributed by atoms with E-state index < -0.39 is 0 Å². The zero-order valence-corrected chi connectivity index (χ0v) is 8.22. The van der Waals surface area contributed by atoms with Gasteiger partial charge >= 0.3 is 5.88 Å². The summed E-state index contributed by atoms with van der Waals surface area (Å²) < 4.78 is 5.82. The molecule has 0 aliphatic carbocycles. The summed E-state index contributed by atoms with van der Waals surface area (Å²) in [4.78, 5) is 0. The first-order valence-corrected chi connectivity index (χ1v) is 4.29. The molecule has 0 aromatic heterocycles. The van der Waals surface area contributed by atoms with Gasteiger partial charge in [0.1, 0.15) is 13.6 Å². The zero-order valence-electron chi connectivity index (χ0n) is 8.22. The molecule has 1 aliphatic rings. The average Bonchev–Trinajstić information content (AvgIpc) is 2.43. The van der Waals surface area contributed by atoms with Crippen LogP contribution in [0.1, 0.15) is 20.3 Å². The van der Waals surface area contributed by atoms with Crippen LogP contribution in [0.25, 0.3) is 0 Å². The maximum absolute atomic E-state index is 5.32. The predicted octanol–water partition coefficient (Wildman–Crippen LogP) is 1.60. The molecule has 3 nitrogen and oxygen atoms in total. The summed E-state index contributed by atoms with van der Waals surface area (Å²) in [6.45, 7) is 5.07. The van der Waals surface area contributed by atoms with Gasteiger partial charge in [0.2, 0.25) is 0 Å². The second-order valence-corrected chi connectivity index (χ2v) is 3.01. The number of rotatable bonds is 3. The van der Waals surface area contributed by atoms with E-state index in [1.54, 1.807) is 7.11 Å². The van der Waals surface area contributed by atoms with Crippen LogP contribution >= 0.6 is 0 Å². The Hall–Kier alpha value is -0.830. The van der Waals surface area contributed by atoms with Crippen LogP contribution in [0.15, 0.2) is 16.6 Å². The third-order valence-electron chi connectivity index (χ3n) is 2.26. The van der Waals surface area contributed by atoms with Gasteiger partial charge in [0.25, 0.3) is 0 Å². The Morgan fingerprint density at radius 1 is 1.50 bits per heavy atom. The average molecular weight is 168 g/mol. The molecule has 0 aromatic rings. The maximum Gasteiger partial charge on any atom is 0.323 e. The number of quaternary nitrogens is 1. The minimum Gasteiger partial charge on any atom is -0.453 e. The quantitative estimate of drug-likeness (QED) is 0.586. The van der Waals surface area contributed by atoms with Crippen LogP contribution in [-0.4, -0.2) is 31.5 Å². The summed E-state index contributed by atoms with van der Waals surface area (Å²) in [6, 6.07) is 0. The van der Waals surface area contributed by atoms with Crippen LogP contribution < -0.4 is 0 Å². The lowest BCUT2D eigenvalue weighted by Gasteiger charge is -2.22. The highest BCUT2D eigenvalue weighted by atomic mass is 16.5. The Kier molecular flexibility index (Phi) is 2.52. The standard InChI is InChI=1S/C9H16N2O/c1-5-8-7-10-11(3,6-2)9(8)12-4/h5-6H2,1-4H3/q+1. The minimum absolute atomic E-state index is 0.500. The highest BCUT2D eigenvalue weighted by Crippen LogP contribution is 2.25. The fraction of sp³-hybridized carbons (Fsp3) is 0.667. The lowest BCUT2D eigenvalue weighted by molar-refractivity contribution is -0.889. The molecule has 12 heavy (non-hydrogen) atoms. The van der Waals surface area contributed by atoms with Gasteiger partial charge in [0.15, 0.2) is 6.21 Å². The van der Waals surface area contributed by atoms with Gasteiger partial charge < -0.3 is 4.74 Å². The van der Waals surface area contributed by atoms with Crippen LogP contribution in [-0.2, 0) is 4.74 Å². The van der Waals surface area contributed by atoms with Crippen molar-refractivity contribution in [3.63, 3.8) is 0 Å². The minimum atomic E-state index is 0.500. The monoisotopic (exact) mass is 168 g/mol. The Balaban J connectivity index is 2.98. The van der Waals surface area contributed by atoms with Gasteiger partial charge in [-0.1, -0.05) is 12.0 Å². The van der Waals surface area contributed by atoms with Crippen molar-refractivity contribution in [2.75, 3.05) is 20.7 Å². The van der Waals surface area contributed by atoms with E-state index in [0.717, 1.165) is 24.4 Å². The zero-order chi connectivity index (χ0) is 9.19. The number of hydrogen-bond acceptors (Lipinski definition) is 2. The van der Waals surface area contributed by atoms with Gasteiger partial charge in [-0.2, -0.15) is 0 Å². The summed E-state index contributed by atoms with van der Waals surface area (Å²) in [5.41, 5.74) is 1.09. The van der Waals surface area contributed by atoms with Gasteiger partial charge in [-0.25, -0.2) is 0 Å². The molecular formula is C9H16N2O+. The predicted molar refractivity (Wildman–Crippen MR) is 48.5 cm³/mol. The van der Waals surface area contributed by atoms with Crippen molar-refractivity contribution >= 4 is 6.21 Å². The van der Waals surface area contributed by atoms with Crippen LogP contribution in [0.4, 0.5) is 0 Å². The molecule has 1 radical (unpaired) electrons. The van der Waals surface area contributed by atoms with E-state index in [1.165, 1.54) is 0 Å². The van der Waals surface area contributed by atoms with Crippen molar-refractivity contribution in [3.05, 3.63) is 11.5 Å². The molecule has 3 heteroatoms. The molecule has 1 atom stereocenters. The maximum atomic E-state index is 5.32. The van der Waals surface area contributed by atoms with E-state index in [4.69, 9.17) is 4.74 Å². The van der Waals surface area contributed by atoms with Gasteiger partial charge in [-0.05, 0) is 13.3 Å². The number of ether oxygens (including phenoxy) is 1. The molecule has 0 saturated heterocycles. The molecule has 67 valence electrons. The molecule has 0 fully saturated rings. The fourth-order valence-corrected chi connectivity index (χ4v) is 1.32. The normalized spacial score (nSPS) is 28.3. The topological polar surface area (TPSA) is 21.6 Å². The third-order valence-corrected chi connectivity index (χ3v) is 2.26. The van der Waals surface area contributed by atoms with Gasteiger partial charge in [0, 0.05) is 0 Å². The molecule has 0 N–H and O–H groups in total. The molecule has 1 rings (SSSR count). The Morgan fingerprint density at radius 3 is 2.58 bits per heavy atom. The largest absolute Gasteiger partial charge is 0.453 e. The van der Waals surface area contributed by atoms with Crippen molar-refractivity contribution < 1.29 is 9.33 Å². The first-order valence-electron chi connectivity index (χ1n) is 4.29. The van der Waals surface area contributed by atoms with E-state index >= 15 is 0 Å². The molecular weight excluding hydrogens is 152 g/mol. The van der Waals surface area contributed by atoms with Gasteiger partial charge in [0.05, 0.1) is 12.7 Å². The number of hydrogen-bond donors (Lipinski definition) is 0. The van der Waals surface area contributed by atoms with E-state index in [2.05, 4.69) is 25.2 Å². The third kappa shape index (κ3) is 1.25. The fourth-order valence-electron chi connectivity index (χ4n) is 1.32. The SMILES string of the molecule is CCC1=C(OC)[N+](C)(CC)N=[C]1. The molecule has 0 spiro atoms. The van der Waals surface area contributed by atoms with E-state index in [0.29, 0.717) is 4.59 Å². The van der Waals surface area contributed by atoms with Crippen LogP contribution in [0.5, 0.6) is 0 Å². The Bertz CT molecular complexity index is 233. The summed E-state index contributed by atoms with van der Waals surface area (Å²) in [5, 5.41) is 4.28. The number of methoxy groups -OCH3 is 1. The first-order chi connectivity index (χ1) is 5.68. The molecule has 0 bridgehead atoms. The lowest BCUT2D eigenvalue weighted by atomic mass is 10.2. The lowest BCUT2D eigenvalue weighted by Crippen LogP contribution is -2.35. The van der Waals surface area contributed by atoms with Crippen molar-refractivity contribution in [2.24, 2.45) is 5.10 Å². The van der Waals surface area contributed by atoms with E-state index in [1.807, 2.05) is 7.05 Å². The summed E-state index contributed by atoms with van der Waals surface area (Å²) >= 11 is 0. The summed E-state index contributed by atoms with van der Waals surface area (Å²) in [7, 11) is 3.72. The van der Waals surface area contributed by atoms with Crippen LogP contribution in [0.3, 0.4) is 0 Å². The molecule has 0 aromatic carbocycles. The number of allylic oxidation sites excluding steroid dienone is 1. The van der Waals surface area contributed by atoms with E-state index in [9.17, 15) is 0 Å². The Morgan fingerprint density at radius 2 is 2.17 bits per heavy atom. The molecule has 0 saturated carbocycles. The summed E-state index contributed by atoms with van der Waals surface area (Å²) in [6.07, 6.45) is 3.93. The Labute approximate surface area is 73.9 Å². The smallest absolute Gasteiger partial charge is 0.323 e. The van der Waals surface area contributed by atoms with Gasteiger partial charge in [-0.3, -0.25) is 0 Å². The first kappa shape index (κ1) is 9.26. The van der Waals surface area contributed by atoms with Crippen molar-refractivity contribution in [1.82, 2.24) is 0 Å². The molecule has 1 unspecified atom stereocenters. The second kappa shape index (κ2) is 3.27. The van der Waals surface area contributed by atoms with Crippen LogP contribution in [0.2, 0.25) is 0 Å². The highest BCUT2D eigenvalue weighted by molar-refractivity contribution is 5.79. The van der Waals surface area contributed by atoms with Crippen molar-refractivity contribution in [2.45, 2.75) is 20.3 Å². The molecule has 0 amide bonds. The highest BCUT2D eigenvalue weighted by Gasteiger charge is 2.34. The van der Waals surface area contributed by atoms with E-state index in [-0.39, 0.29) is 0 Å². The van der Waals surface area contributed by atoms with Gasteiger partial charge in [-0.15, -0.1) is 4.59 Å². The second-order valence-electron chi connectivity index (χ2n) is 3.01. The van der Waals surface area contributed by atoms with Crippen molar-refractivity contribution in [3.8, 4) is 0 Å². The molecule has 1 heterocycles. The summed E-state index contributed by atoms with van der Waals surface area (Å²) in [5.74, 6) is 0.931.